The van der Waals surface area contributed by atoms with Gasteiger partial charge in [-0.15, -0.1) is 0 Å². The highest BCUT2D eigenvalue weighted by Gasteiger charge is 2.22. The van der Waals surface area contributed by atoms with E-state index in [1.54, 1.807) is 0 Å². The van der Waals surface area contributed by atoms with Crippen LogP contribution in [0, 0.1) is 0 Å². The minimum atomic E-state index is 0.295. The number of hydrogen-bond acceptors (Lipinski definition) is 2. The van der Waals surface area contributed by atoms with Crippen molar-refractivity contribution >= 4 is 23.0 Å². The Balaban J connectivity index is 1.93. The number of allylic oxidation sites excluding steroid dienone is 3. The summed E-state index contributed by atoms with van der Waals surface area (Å²) in [5.74, 6) is 0.341. The molecule has 2 nitrogen and oxygen atoms in total. The van der Waals surface area contributed by atoms with E-state index in [4.69, 9.17) is 11.6 Å². The SMILES string of the molecule is CCCC(=O)CCC1=CC2=CC=CNC2Cc2ccc(Cl)cc21. The molecule has 0 aromatic heterocycles. The predicted octanol–water partition coefficient (Wildman–Crippen LogP) is 4.84. The number of nitrogens with one attached hydrogen (secondary N) is 1. The highest BCUT2D eigenvalue weighted by atomic mass is 35.5. The summed E-state index contributed by atoms with van der Waals surface area (Å²) in [7, 11) is 0. The van der Waals surface area contributed by atoms with E-state index in [-0.39, 0.29) is 0 Å². The van der Waals surface area contributed by atoms with Gasteiger partial charge in [0.1, 0.15) is 5.78 Å². The van der Waals surface area contributed by atoms with Crippen LogP contribution >= 0.6 is 11.6 Å². The lowest BCUT2D eigenvalue weighted by atomic mass is 9.94. The average Bonchev–Trinajstić information content (AvgIpc) is 2.69. The first kappa shape index (κ1) is 16.1. The Morgan fingerprint density at radius 2 is 2.22 bits per heavy atom. The van der Waals surface area contributed by atoms with E-state index >= 15 is 0 Å². The summed E-state index contributed by atoms with van der Waals surface area (Å²) >= 11 is 6.22. The molecule has 1 aromatic carbocycles. The molecule has 1 aliphatic heterocycles. The maximum Gasteiger partial charge on any atom is 0.133 e. The van der Waals surface area contributed by atoms with E-state index in [1.807, 2.05) is 31.3 Å². The standard InChI is InChI=1S/C20H22ClNO/c1-2-4-18(23)9-7-14-11-16-5-3-10-22-20(16)12-15-6-8-17(21)13-19(14)15/h3,5-6,8,10-11,13,20,22H,2,4,7,9,12H2,1H3. The van der Waals surface area contributed by atoms with Crippen molar-refractivity contribution in [2.75, 3.05) is 0 Å². The molecule has 1 atom stereocenters. The Morgan fingerprint density at radius 3 is 3.04 bits per heavy atom. The number of dihydropyridines is 1. The third kappa shape index (κ3) is 3.76. The Labute approximate surface area is 142 Å². The molecular weight excluding hydrogens is 306 g/mol. The van der Waals surface area contributed by atoms with Gasteiger partial charge in [-0.25, -0.2) is 0 Å². The van der Waals surface area contributed by atoms with E-state index in [2.05, 4.69) is 23.5 Å². The number of carbonyl (C=O) groups is 1. The van der Waals surface area contributed by atoms with Gasteiger partial charge in [-0.05, 0) is 65.9 Å². The summed E-state index contributed by atoms with van der Waals surface area (Å²) < 4.78 is 0. The number of ketones is 1. The molecule has 0 fully saturated rings. The topological polar surface area (TPSA) is 29.1 Å². The van der Waals surface area contributed by atoms with Crippen LogP contribution in [0.5, 0.6) is 0 Å². The molecule has 0 amide bonds. The number of hydrogen-bond donors (Lipinski definition) is 1. The van der Waals surface area contributed by atoms with Crippen LogP contribution in [0.3, 0.4) is 0 Å². The molecule has 1 N–H and O–H groups in total. The Hall–Kier alpha value is -1.80. The van der Waals surface area contributed by atoms with Gasteiger partial charge in [-0.1, -0.05) is 36.7 Å². The first-order valence-electron chi connectivity index (χ1n) is 8.31. The second kappa shape index (κ2) is 7.18. The van der Waals surface area contributed by atoms with Crippen molar-refractivity contribution in [2.45, 2.75) is 45.1 Å². The summed E-state index contributed by atoms with van der Waals surface area (Å²) in [5, 5.41) is 4.18. The zero-order valence-electron chi connectivity index (χ0n) is 13.4. The van der Waals surface area contributed by atoms with Gasteiger partial charge in [-0.3, -0.25) is 4.79 Å². The van der Waals surface area contributed by atoms with Gasteiger partial charge in [0.15, 0.2) is 0 Å². The molecule has 2 aliphatic rings. The Bertz CT molecular complexity index is 700. The number of Topliss-reactive ketones (excluding diaryl/α,β-unsaturated/α-hetero) is 1. The monoisotopic (exact) mass is 327 g/mol. The summed E-state index contributed by atoms with van der Waals surface area (Å²) in [6.07, 6.45) is 12.3. The summed E-state index contributed by atoms with van der Waals surface area (Å²) in [6, 6.07) is 6.40. The molecule has 1 aliphatic carbocycles. The molecule has 3 heteroatoms. The normalized spacial score (nSPS) is 19.0. The maximum absolute atomic E-state index is 11.9. The molecule has 1 heterocycles. The third-order valence-electron chi connectivity index (χ3n) is 4.47. The van der Waals surface area contributed by atoms with Crippen molar-refractivity contribution < 1.29 is 4.79 Å². The van der Waals surface area contributed by atoms with Crippen LogP contribution in [0.2, 0.25) is 5.02 Å². The molecular formula is C20H22ClNO. The Kier molecular flexibility index (Phi) is 5.02. The molecule has 0 bridgehead atoms. The van der Waals surface area contributed by atoms with Crippen molar-refractivity contribution in [3.8, 4) is 0 Å². The Morgan fingerprint density at radius 1 is 1.35 bits per heavy atom. The second-order valence-corrected chi connectivity index (χ2v) is 6.65. The highest BCUT2D eigenvalue weighted by Crippen LogP contribution is 2.33. The maximum atomic E-state index is 11.9. The fourth-order valence-electron chi connectivity index (χ4n) is 3.28. The van der Waals surface area contributed by atoms with Gasteiger partial charge in [0, 0.05) is 17.9 Å². The van der Waals surface area contributed by atoms with Crippen molar-refractivity contribution in [3.05, 3.63) is 64.3 Å². The van der Waals surface area contributed by atoms with E-state index in [9.17, 15) is 4.79 Å². The summed E-state index contributed by atoms with van der Waals surface area (Å²) in [4.78, 5) is 11.9. The molecule has 0 radical (unpaired) electrons. The smallest absolute Gasteiger partial charge is 0.133 e. The zero-order chi connectivity index (χ0) is 16.2. The minimum Gasteiger partial charge on any atom is -0.384 e. The molecule has 120 valence electrons. The highest BCUT2D eigenvalue weighted by molar-refractivity contribution is 6.30. The first-order valence-corrected chi connectivity index (χ1v) is 8.69. The van der Waals surface area contributed by atoms with Crippen LogP contribution in [0.25, 0.3) is 5.57 Å². The lowest BCUT2D eigenvalue weighted by molar-refractivity contribution is -0.119. The van der Waals surface area contributed by atoms with E-state index in [1.165, 1.54) is 22.3 Å². The number of fused-ring (bicyclic) bond motifs is 2. The average molecular weight is 328 g/mol. The van der Waals surface area contributed by atoms with E-state index in [0.29, 0.717) is 24.7 Å². The number of halogens is 1. The largest absolute Gasteiger partial charge is 0.384 e. The number of benzene rings is 1. The minimum absolute atomic E-state index is 0.295. The molecule has 0 saturated carbocycles. The first-order chi connectivity index (χ1) is 11.2. The van der Waals surface area contributed by atoms with Crippen LogP contribution in [-0.2, 0) is 11.2 Å². The van der Waals surface area contributed by atoms with Crippen LogP contribution in [0.4, 0.5) is 0 Å². The van der Waals surface area contributed by atoms with Gasteiger partial charge in [-0.2, -0.15) is 0 Å². The van der Waals surface area contributed by atoms with Crippen molar-refractivity contribution in [3.63, 3.8) is 0 Å². The summed E-state index contributed by atoms with van der Waals surface area (Å²) in [5.41, 5.74) is 4.98. The zero-order valence-corrected chi connectivity index (χ0v) is 14.2. The van der Waals surface area contributed by atoms with Crippen molar-refractivity contribution in [1.29, 1.82) is 0 Å². The van der Waals surface area contributed by atoms with Gasteiger partial charge in [0.25, 0.3) is 0 Å². The molecule has 1 unspecified atom stereocenters. The second-order valence-electron chi connectivity index (χ2n) is 6.21. The molecule has 3 rings (SSSR count). The van der Waals surface area contributed by atoms with Crippen molar-refractivity contribution in [1.82, 2.24) is 5.32 Å². The summed E-state index contributed by atoms with van der Waals surface area (Å²) in [6.45, 7) is 2.05. The van der Waals surface area contributed by atoms with E-state index in [0.717, 1.165) is 24.3 Å². The van der Waals surface area contributed by atoms with Gasteiger partial charge < -0.3 is 5.32 Å². The molecule has 23 heavy (non-hydrogen) atoms. The number of rotatable bonds is 5. The molecule has 1 aromatic rings. The van der Waals surface area contributed by atoms with Crippen molar-refractivity contribution in [2.24, 2.45) is 0 Å². The van der Waals surface area contributed by atoms with E-state index < -0.39 is 0 Å². The quantitative estimate of drug-likeness (QED) is 0.838. The van der Waals surface area contributed by atoms with Crippen LogP contribution in [0.15, 0.2) is 48.2 Å². The van der Waals surface area contributed by atoms with Crippen LogP contribution in [0.1, 0.15) is 43.7 Å². The van der Waals surface area contributed by atoms with Gasteiger partial charge in [0.05, 0.1) is 6.04 Å². The third-order valence-corrected chi connectivity index (χ3v) is 4.70. The van der Waals surface area contributed by atoms with Gasteiger partial charge in [0.2, 0.25) is 0 Å². The van der Waals surface area contributed by atoms with Crippen LogP contribution in [-0.4, -0.2) is 11.8 Å². The lowest BCUT2D eigenvalue weighted by Crippen LogP contribution is -2.29. The number of carbonyl (C=O) groups excluding carboxylic acids is 1. The lowest BCUT2D eigenvalue weighted by Gasteiger charge is -2.20. The predicted molar refractivity (Wildman–Crippen MR) is 96.4 cm³/mol. The fraction of sp³-hybridized carbons (Fsp3) is 0.350. The fourth-order valence-corrected chi connectivity index (χ4v) is 3.45. The van der Waals surface area contributed by atoms with Crippen LogP contribution < -0.4 is 5.32 Å². The van der Waals surface area contributed by atoms with Gasteiger partial charge >= 0.3 is 0 Å². The molecule has 0 spiro atoms. The molecule has 0 saturated heterocycles.